The molecule has 9 rings (SSSR count). The summed E-state index contributed by atoms with van der Waals surface area (Å²) in [7, 11) is 0. The third kappa shape index (κ3) is 5.18. The predicted molar refractivity (Wildman–Crippen MR) is 207 cm³/mol. The average Bonchev–Trinajstić information content (AvgIpc) is 3.49. The molecular weight excluding hydrogens is 653 g/mol. The number of piperidine rings is 1. The van der Waals surface area contributed by atoms with Crippen LogP contribution in [0.5, 0.6) is 0 Å². The van der Waals surface area contributed by atoms with E-state index in [-0.39, 0.29) is 17.7 Å². The Labute approximate surface area is 309 Å². The Morgan fingerprint density at radius 3 is 1.47 bits per heavy atom. The minimum Gasteiger partial charge on any atom is -0.311 e. The van der Waals surface area contributed by atoms with Gasteiger partial charge < -0.3 is 4.90 Å². The highest BCUT2D eigenvalue weighted by Crippen LogP contribution is 2.63. The molecule has 53 heavy (non-hydrogen) atoms. The SMILES string of the molecule is O=C1[C@H]2[C@H]3C(=C[C@H](c4ccccc4)[C@H]2C(=O)N1c1ccccc1)N(Cc1ccccc1)C(=O)C(c1ccccc1)(c1ccccc1)[C@@H]3c1ccccc1. The predicted octanol–water partition coefficient (Wildman–Crippen LogP) is 8.90. The largest absolute Gasteiger partial charge is 0.311 e. The van der Waals surface area contributed by atoms with Gasteiger partial charge in [-0.05, 0) is 39.9 Å². The first-order chi connectivity index (χ1) is 26.1. The number of carbonyl (C=O) groups is 3. The van der Waals surface area contributed by atoms with E-state index in [1.54, 1.807) is 0 Å². The lowest BCUT2D eigenvalue weighted by molar-refractivity contribution is -0.143. The smallest absolute Gasteiger partial charge is 0.242 e. The van der Waals surface area contributed by atoms with E-state index in [0.29, 0.717) is 12.2 Å². The van der Waals surface area contributed by atoms with Gasteiger partial charge in [-0.1, -0.05) is 176 Å². The van der Waals surface area contributed by atoms with Gasteiger partial charge in [0.1, 0.15) is 5.41 Å². The van der Waals surface area contributed by atoms with Crippen LogP contribution in [0.1, 0.15) is 39.7 Å². The van der Waals surface area contributed by atoms with Gasteiger partial charge in [-0.15, -0.1) is 0 Å². The minimum absolute atomic E-state index is 0.0583. The molecule has 0 aromatic heterocycles. The number of anilines is 1. The first-order valence-corrected chi connectivity index (χ1v) is 18.3. The van der Waals surface area contributed by atoms with Gasteiger partial charge in [-0.2, -0.15) is 0 Å². The zero-order valence-corrected chi connectivity index (χ0v) is 29.1. The van der Waals surface area contributed by atoms with Crippen LogP contribution >= 0.6 is 0 Å². The second-order valence-corrected chi connectivity index (χ2v) is 14.3. The van der Waals surface area contributed by atoms with Crippen LogP contribution in [0.2, 0.25) is 0 Å². The number of benzene rings is 6. The van der Waals surface area contributed by atoms with E-state index in [2.05, 4.69) is 18.2 Å². The summed E-state index contributed by atoms with van der Waals surface area (Å²) in [5, 5.41) is 0. The van der Waals surface area contributed by atoms with Crippen molar-refractivity contribution >= 4 is 23.4 Å². The standard InChI is InChI=1S/C48H38N2O3/c51-45-41-39(34-21-9-2-10-22-34)31-40-42(43(41)46(52)50(45)38-29-17-6-18-30-38)44(35-23-11-3-12-24-35)48(36-25-13-4-14-26-36,37-27-15-5-16-28-37)47(53)49(40)32-33-19-7-1-8-20-33/h1-31,39,41-44H,32H2/t39-,41-,42-,43-,44-/m1/s1. The number of imide groups is 1. The molecule has 2 fully saturated rings. The molecule has 1 aliphatic carbocycles. The number of para-hydroxylation sites is 1. The van der Waals surface area contributed by atoms with Crippen molar-refractivity contribution in [3.8, 4) is 0 Å². The second kappa shape index (κ2) is 13.3. The minimum atomic E-state index is -1.24. The van der Waals surface area contributed by atoms with Crippen molar-refractivity contribution in [1.29, 1.82) is 0 Å². The molecule has 0 saturated carbocycles. The second-order valence-electron chi connectivity index (χ2n) is 14.3. The molecule has 2 saturated heterocycles. The molecule has 0 N–H and O–H groups in total. The fraction of sp³-hybridized carbons (Fsp3) is 0.146. The van der Waals surface area contributed by atoms with Crippen molar-refractivity contribution in [2.24, 2.45) is 17.8 Å². The summed E-state index contributed by atoms with van der Waals surface area (Å²) in [5.74, 6) is -3.42. The number of rotatable bonds is 7. The monoisotopic (exact) mass is 690 g/mol. The van der Waals surface area contributed by atoms with Gasteiger partial charge >= 0.3 is 0 Å². The number of likely N-dealkylation sites (tertiary alicyclic amines) is 1. The fourth-order valence-electron chi connectivity index (χ4n) is 9.46. The van der Waals surface area contributed by atoms with Crippen molar-refractivity contribution in [3.63, 3.8) is 0 Å². The Kier molecular flexibility index (Phi) is 8.19. The average molecular weight is 691 g/mol. The van der Waals surface area contributed by atoms with E-state index in [4.69, 9.17) is 0 Å². The third-order valence-electron chi connectivity index (χ3n) is 11.6. The summed E-state index contributed by atoms with van der Waals surface area (Å²) in [5.41, 5.74) is 4.67. The van der Waals surface area contributed by atoms with E-state index in [0.717, 1.165) is 33.5 Å². The highest BCUT2D eigenvalue weighted by Gasteiger charge is 2.67. The Hall–Kier alpha value is -6.33. The lowest BCUT2D eigenvalue weighted by Crippen LogP contribution is -2.61. The zero-order valence-electron chi connectivity index (χ0n) is 29.1. The van der Waals surface area contributed by atoms with Crippen LogP contribution < -0.4 is 4.90 Å². The van der Waals surface area contributed by atoms with Crippen LogP contribution in [-0.4, -0.2) is 22.6 Å². The summed E-state index contributed by atoms with van der Waals surface area (Å²) in [6, 6.07) is 59.5. The van der Waals surface area contributed by atoms with Gasteiger partial charge in [-0.3, -0.25) is 19.3 Å². The summed E-state index contributed by atoms with van der Waals surface area (Å²) in [6.07, 6.45) is 2.15. The highest BCUT2D eigenvalue weighted by atomic mass is 16.2. The molecule has 3 aliphatic rings. The number of allylic oxidation sites excluding steroid dienone is 2. The summed E-state index contributed by atoms with van der Waals surface area (Å²) < 4.78 is 0. The van der Waals surface area contributed by atoms with Gasteiger partial charge in [0.05, 0.1) is 24.1 Å². The molecule has 258 valence electrons. The Morgan fingerprint density at radius 2 is 0.925 bits per heavy atom. The van der Waals surface area contributed by atoms with Crippen molar-refractivity contribution < 1.29 is 14.4 Å². The van der Waals surface area contributed by atoms with Gasteiger partial charge in [0.15, 0.2) is 0 Å². The van der Waals surface area contributed by atoms with Crippen molar-refractivity contribution in [3.05, 3.63) is 222 Å². The molecule has 3 amide bonds. The summed E-state index contributed by atoms with van der Waals surface area (Å²) in [6.45, 7) is 0.314. The molecular formula is C48H38N2O3. The fourth-order valence-corrected chi connectivity index (χ4v) is 9.46. The van der Waals surface area contributed by atoms with E-state index < -0.39 is 35.0 Å². The molecule has 5 atom stereocenters. The van der Waals surface area contributed by atoms with Gasteiger partial charge in [0.25, 0.3) is 0 Å². The molecule has 2 heterocycles. The third-order valence-corrected chi connectivity index (χ3v) is 11.6. The molecule has 0 radical (unpaired) electrons. The molecule has 5 nitrogen and oxygen atoms in total. The summed E-state index contributed by atoms with van der Waals surface area (Å²) in [4.78, 5) is 49.9. The van der Waals surface area contributed by atoms with E-state index in [9.17, 15) is 4.79 Å². The highest BCUT2D eigenvalue weighted by molar-refractivity contribution is 6.23. The Balaban J connectivity index is 1.38. The van der Waals surface area contributed by atoms with Gasteiger partial charge in [-0.25, -0.2) is 0 Å². The number of carbonyl (C=O) groups excluding carboxylic acids is 3. The van der Waals surface area contributed by atoms with Crippen LogP contribution in [0.15, 0.2) is 194 Å². The van der Waals surface area contributed by atoms with E-state index >= 15 is 9.59 Å². The molecule has 0 spiro atoms. The van der Waals surface area contributed by atoms with Crippen LogP contribution in [0.3, 0.4) is 0 Å². The van der Waals surface area contributed by atoms with Crippen LogP contribution in [0.4, 0.5) is 5.69 Å². The first-order valence-electron chi connectivity index (χ1n) is 18.3. The molecule has 0 bridgehead atoms. The topological polar surface area (TPSA) is 57.7 Å². The number of fused-ring (bicyclic) bond motifs is 3. The number of hydrogen-bond donors (Lipinski definition) is 0. The number of nitrogens with zero attached hydrogens (tertiary/aromatic N) is 2. The maximum Gasteiger partial charge on any atom is 0.242 e. The quantitative estimate of drug-likeness (QED) is 0.157. The van der Waals surface area contributed by atoms with Crippen molar-refractivity contribution in [2.75, 3.05) is 4.90 Å². The molecule has 2 aliphatic heterocycles. The Morgan fingerprint density at radius 1 is 0.472 bits per heavy atom. The zero-order chi connectivity index (χ0) is 35.9. The number of hydrogen-bond acceptors (Lipinski definition) is 3. The van der Waals surface area contributed by atoms with Gasteiger partial charge in [0.2, 0.25) is 17.7 Å². The lowest BCUT2D eigenvalue weighted by Gasteiger charge is -2.56. The van der Waals surface area contributed by atoms with Crippen LogP contribution in [0.25, 0.3) is 0 Å². The van der Waals surface area contributed by atoms with Crippen molar-refractivity contribution in [2.45, 2.75) is 23.8 Å². The summed E-state index contributed by atoms with van der Waals surface area (Å²) >= 11 is 0. The maximum atomic E-state index is 16.2. The van der Waals surface area contributed by atoms with Crippen LogP contribution in [0, 0.1) is 17.8 Å². The maximum absolute atomic E-state index is 16.2. The first kappa shape index (κ1) is 32.6. The van der Waals surface area contributed by atoms with E-state index in [1.807, 2.05) is 175 Å². The molecule has 0 unspecified atom stereocenters. The normalized spacial score (nSPS) is 23.3. The molecule has 5 heteroatoms. The van der Waals surface area contributed by atoms with Gasteiger partial charge in [0, 0.05) is 23.5 Å². The van der Waals surface area contributed by atoms with Crippen LogP contribution in [-0.2, 0) is 26.3 Å². The molecule has 6 aromatic rings. The lowest BCUT2D eigenvalue weighted by atomic mass is 9.51. The van der Waals surface area contributed by atoms with Crippen molar-refractivity contribution in [1.82, 2.24) is 4.90 Å². The Bertz CT molecular complexity index is 2250. The molecule has 6 aromatic carbocycles. The van der Waals surface area contributed by atoms with E-state index in [1.165, 1.54) is 4.90 Å². The number of amides is 3.